The Morgan fingerprint density at radius 3 is 2.88 bits per heavy atom. The molecule has 0 aliphatic heterocycles. The van der Waals surface area contributed by atoms with Gasteiger partial charge in [-0.05, 0) is 24.1 Å². The number of methoxy groups -OCH3 is 1. The fraction of sp³-hybridized carbons (Fsp3) is 0.308. The summed E-state index contributed by atoms with van der Waals surface area (Å²) in [4.78, 5) is 10.9. The SMILES string of the molecule is C=CCCOCc1ccc(C(=O)O)c(OC)c1. The second-order valence-corrected chi connectivity index (χ2v) is 3.47. The van der Waals surface area contributed by atoms with Crippen LogP contribution in [0.3, 0.4) is 0 Å². The molecule has 1 rings (SSSR count). The minimum absolute atomic E-state index is 0.155. The minimum atomic E-state index is -0.999. The van der Waals surface area contributed by atoms with E-state index < -0.39 is 5.97 Å². The Kier molecular flexibility index (Phi) is 5.23. The van der Waals surface area contributed by atoms with Crippen molar-refractivity contribution in [1.29, 1.82) is 0 Å². The van der Waals surface area contributed by atoms with Crippen LogP contribution in [-0.4, -0.2) is 24.8 Å². The summed E-state index contributed by atoms with van der Waals surface area (Å²) in [6.07, 6.45) is 2.58. The molecule has 1 aromatic carbocycles. The van der Waals surface area contributed by atoms with Crippen LogP contribution in [0.5, 0.6) is 5.75 Å². The maximum absolute atomic E-state index is 10.9. The van der Waals surface area contributed by atoms with Crippen molar-refractivity contribution in [2.24, 2.45) is 0 Å². The lowest BCUT2D eigenvalue weighted by atomic mass is 10.1. The van der Waals surface area contributed by atoms with Gasteiger partial charge in [-0.1, -0.05) is 12.1 Å². The molecule has 0 fully saturated rings. The van der Waals surface area contributed by atoms with Crippen LogP contribution < -0.4 is 4.74 Å². The number of aromatic carboxylic acids is 1. The van der Waals surface area contributed by atoms with Crippen molar-refractivity contribution in [3.05, 3.63) is 42.0 Å². The number of hydrogen-bond donors (Lipinski definition) is 1. The van der Waals surface area contributed by atoms with Gasteiger partial charge in [0, 0.05) is 0 Å². The molecule has 4 nitrogen and oxygen atoms in total. The molecule has 0 heterocycles. The smallest absolute Gasteiger partial charge is 0.339 e. The molecule has 1 aromatic rings. The topological polar surface area (TPSA) is 55.8 Å². The standard InChI is InChI=1S/C13H16O4/c1-3-4-7-17-9-10-5-6-11(13(14)15)12(8-10)16-2/h3,5-6,8H,1,4,7,9H2,2H3,(H,14,15). The van der Waals surface area contributed by atoms with Gasteiger partial charge in [-0.25, -0.2) is 4.79 Å². The van der Waals surface area contributed by atoms with Crippen molar-refractivity contribution < 1.29 is 19.4 Å². The molecular weight excluding hydrogens is 220 g/mol. The highest BCUT2D eigenvalue weighted by Gasteiger charge is 2.10. The molecule has 0 saturated heterocycles. The predicted octanol–water partition coefficient (Wildman–Crippen LogP) is 2.49. The van der Waals surface area contributed by atoms with E-state index in [1.165, 1.54) is 13.2 Å². The highest BCUT2D eigenvalue weighted by Crippen LogP contribution is 2.20. The van der Waals surface area contributed by atoms with Gasteiger partial charge in [-0.15, -0.1) is 6.58 Å². The first-order valence-corrected chi connectivity index (χ1v) is 5.28. The van der Waals surface area contributed by atoms with E-state index in [-0.39, 0.29) is 5.56 Å². The fourth-order valence-electron chi connectivity index (χ4n) is 1.36. The Labute approximate surface area is 100 Å². The Hall–Kier alpha value is -1.81. The fourth-order valence-corrected chi connectivity index (χ4v) is 1.36. The van der Waals surface area contributed by atoms with E-state index in [1.54, 1.807) is 18.2 Å². The van der Waals surface area contributed by atoms with Gasteiger partial charge in [-0.2, -0.15) is 0 Å². The van der Waals surface area contributed by atoms with Gasteiger partial charge in [0.2, 0.25) is 0 Å². The summed E-state index contributed by atoms with van der Waals surface area (Å²) >= 11 is 0. The molecule has 0 aromatic heterocycles. The molecular formula is C13H16O4. The lowest BCUT2D eigenvalue weighted by Crippen LogP contribution is -2.02. The van der Waals surface area contributed by atoms with Crippen LogP contribution in [0.25, 0.3) is 0 Å². The van der Waals surface area contributed by atoms with Crippen LogP contribution in [0.1, 0.15) is 22.3 Å². The van der Waals surface area contributed by atoms with Crippen LogP contribution in [-0.2, 0) is 11.3 Å². The first kappa shape index (κ1) is 13.3. The zero-order chi connectivity index (χ0) is 12.7. The minimum Gasteiger partial charge on any atom is -0.496 e. The maximum Gasteiger partial charge on any atom is 0.339 e. The second-order valence-electron chi connectivity index (χ2n) is 3.47. The van der Waals surface area contributed by atoms with E-state index in [2.05, 4.69) is 6.58 Å². The lowest BCUT2D eigenvalue weighted by Gasteiger charge is -2.08. The molecule has 0 unspecified atom stereocenters. The summed E-state index contributed by atoms with van der Waals surface area (Å²) < 4.78 is 10.4. The van der Waals surface area contributed by atoms with Gasteiger partial charge < -0.3 is 14.6 Å². The van der Waals surface area contributed by atoms with Crippen LogP contribution >= 0.6 is 0 Å². The van der Waals surface area contributed by atoms with Gasteiger partial charge in [0.05, 0.1) is 20.3 Å². The molecule has 0 saturated carbocycles. The Morgan fingerprint density at radius 1 is 1.53 bits per heavy atom. The molecule has 0 spiro atoms. The quantitative estimate of drug-likeness (QED) is 0.583. The summed E-state index contributed by atoms with van der Waals surface area (Å²) in [5, 5.41) is 8.91. The second kappa shape index (κ2) is 6.70. The lowest BCUT2D eigenvalue weighted by molar-refractivity contribution is 0.0693. The molecule has 0 radical (unpaired) electrons. The average molecular weight is 236 g/mol. The van der Waals surface area contributed by atoms with Crippen molar-refractivity contribution in [2.75, 3.05) is 13.7 Å². The Balaban J connectivity index is 2.69. The summed E-state index contributed by atoms with van der Waals surface area (Å²) in [7, 11) is 1.45. The van der Waals surface area contributed by atoms with Gasteiger partial charge in [0.25, 0.3) is 0 Å². The molecule has 0 aliphatic carbocycles. The highest BCUT2D eigenvalue weighted by molar-refractivity contribution is 5.90. The molecule has 92 valence electrons. The van der Waals surface area contributed by atoms with Crippen molar-refractivity contribution in [3.8, 4) is 5.75 Å². The first-order valence-electron chi connectivity index (χ1n) is 5.28. The summed E-state index contributed by atoms with van der Waals surface area (Å²) in [5.41, 5.74) is 1.04. The monoisotopic (exact) mass is 236 g/mol. The van der Waals surface area contributed by atoms with Gasteiger partial charge in [0.1, 0.15) is 11.3 Å². The summed E-state index contributed by atoms with van der Waals surface area (Å²) in [5.74, 6) is -0.650. The zero-order valence-electron chi connectivity index (χ0n) is 9.81. The van der Waals surface area contributed by atoms with Gasteiger partial charge in [0.15, 0.2) is 0 Å². The van der Waals surface area contributed by atoms with Gasteiger partial charge >= 0.3 is 5.97 Å². The number of hydrogen-bond acceptors (Lipinski definition) is 3. The van der Waals surface area contributed by atoms with Crippen LogP contribution in [0.2, 0.25) is 0 Å². The number of carbonyl (C=O) groups is 1. The average Bonchev–Trinajstić information content (AvgIpc) is 2.34. The molecule has 0 bridgehead atoms. The normalized spacial score (nSPS) is 9.94. The van der Waals surface area contributed by atoms with Crippen LogP contribution in [0.4, 0.5) is 0 Å². The van der Waals surface area contributed by atoms with E-state index >= 15 is 0 Å². The van der Waals surface area contributed by atoms with Crippen molar-refractivity contribution in [1.82, 2.24) is 0 Å². The Bertz CT molecular complexity index is 398. The van der Waals surface area contributed by atoms with Crippen LogP contribution in [0.15, 0.2) is 30.9 Å². The predicted molar refractivity (Wildman–Crippen MR) is 64.4 cm³/mol. The van der Waals surface area contributed by atoms with Crippen molar-refractivity contribution in [3.63, 3.8) is 0 Å². The van der Waals surface area contributed by atoms with Crippen molar-refractivity contribution in [2.45, 2.75) is 13.0 Å². The molecule has 4 heteroatoms. The first-order chi connectivity index (χ1) is 8.19. The number of carboxylic acid groups (broad SMARTS) is 1. The number of carboxylic acids is 1. The third kappa shape index (κ3) is 3.92. The molecule has 1 N–H and O–H groups in total. The molecule has 17 heavy (non-hydrogen) atoms. The van der Waals surface area contributed by atoms with Gasteiger partial charge in [-0.3, -0.25) is 0 Å². The zero-order valence-corrected chi connectivity index (χ0v) is 9.81. The van der Waals surface area contributed by atoms with E-state index in [0.717, 1.165) is 12.0 Å². The van der Waals surface area contributed by atoms with E-state index in [4.69, 9.17) is 14.6 Å². The van der Waals surface area contributed by atoms with E-state index in [9.17, 15) is 4.79 Å². The molecule has 0 amide bonds. The maximum atomic E-state index is 10.9. The number of rotatable bonds is 7. The van der Waals surface area contributed by atoms with E-state index in [1.807, 2.05) is 0 Å². The largest absolute Gasteiger partial charge is 0.496 e. The number of benzene rings is 1. The highest BCUT2D eigenvalue weighted by atomic mass is 16.5. The molecule has 0 atom stereocenters. The third-order valence-electron chi connectivity index (χ3n) is 2.23. The number of ether oxygens (including phenoxy) is 2. The van der Waals surface area contributed by atoms with Crippen molar-refractivity contribution >= 4 is 5.97 Å². The molecule has 0 aliphatic rings. The summed E-state index contributed by atoms with van der Waals surface area (Å²) in [6, 6.07) is 4.92. The Morgan fingerprint density at radius 2 is 2.29 bits per heavy atom. The summed E-state index contributed by atoms with van der Waals surface area (Å²) in [6.45, 7) is 4.64. The van der Waals surface area contributed by atoms with Crippen LogP contribution in [0, 0.1) is 0 Å². The van der Waals surface area contributed by atoms with E-state index in [0.29, 0.717) is 19.0 Å². The third-order valence-corrected chi connectivity index (χ3v) is 2.23.